The van der Waals surface area contributed by atoms with Crippen LogP contribution >= 0.6 is 11.3 Å². The molecule has 0 aliphatic carbocycles. The molecule has 74 valence electrons. The Morgan fingerprint density at radius 2 is 2.54 bits per heavy atom. The maximum Gasteiger partial charge on any atom is 0.0794 e. The molecule has 4 heteroatoms. The van der Waals surface area contributed by atoms with Crippen molar-refractivity contribution in [3.63, 3.8) is 0 Å². The van der Waals surface area contributed by atoms with E-state index in [1.807, 2.05) is 5.51 Å². The summed E-state index contributed by atoms with van der Waals surface area (Å²) in [4.78, 5) is 4.20. The predicted octanol–water partition coefficient (Wildman–Crippen LogP) is 1.01. The Morgan fingerprint density at radius 3 is 3.15 bits per heavy atom. The Kier molecular flexibility index (Phi) is 4.97. The maximum absolute atomic E-state index is 5.76. The van der Waals surface area contributed by atoms with Gasteiger partial charge in [0.05, 0.1) is 11.2 Å². The third-order valence-corrected chi connectivity index (χ3v) is 2.61. The van der Waals surface area contributed by atoms with E-state index in [4.69, 9.17) is 5.73 Å². The van der Waals surface area contributed by atoms with Crippen LogP contribution in [-0.2, 0) is 6.42 Å². The van der Waals surface area contributed by atoms with Gasteiger partial charge in [0, 0.05) is 30.9 Å². The zero-order chi connectivity index (χ0) is 9.52. The summed E-state index contributed by atoms with van der Waals surface area (Å²) < 4.78 is 0. The lowest BCUT2D eigenvalue weighted by Crippen LogP contribution is -2.34. The van der Waals surface area contributed by atoms with Crippen LogP contribution in [0.4, 0.5) is 0 Å². The van der Waals surface area contributed by atoms with Gasteiger partial charge < -0.3 is 11.1 Å². The lowest BCUT2D eigenvalue weighted by Gasteiger charge is -2.08. The molecule has 3 nitrogen and oxygen atoms in total. The van der Waals surface area contributed by atoms with E-state index in [0.29, 0.717) is 0 Å². The zero-order valence-corrected chi connectivity index (χ0v) is 8.81. The molecule has 1 aromatic heterocycles. The fourth-order valence-corrected chi connectivity index (χ4v) is 1.60. The van der Waals surface area contributed by atoms with Gasteiger partial charge in [-0.2, -0.15) is 0 Å². The van der Waals surface area contributed by atoms with Gasteiger partial charge in [0.2, 0.25) is 0 Å². The second-order valence-electron chi connectivity index (χ2n) is 3.10. The van der Waals surface area contributed by atoms with Crippen LogP contribution in [0.5, 0.6) is 0 Å². The van der Waals surface area contributed by atoms with E-state index in [1.54, 1.807) is 11.3 Å². The van der Waals surface area contributed by atoms with E-state index in [1.165, 1.54) is 5.69 Å². The molecule has 0 radical (unpaired) electrons. The van der Waals surface area contributed by atoms with Crippen LogP contribution < -0.4 is 11.1 Å². The van der Waals surface area contributed by atoms with Crippen molar-refractivity contribution in [3.8, 4) is 0 Å². The molecule has 1 aromatic rings. The molecule has 0 spiro atoms. The molecule has 0 aliphatic heterocycles. The number of nitrogens with zero attached hydrogens (tertiary/aromatic N) is 1. The van der Waals surface area contributed by atoms with Gasteiger partial charge in [0.15, 0.2) is 0 Å². The number of thiazole rings is 1. The molecule has 1 heterocycles. The number of nitrogens with one attached hydrogen (secondary N) is 1. The van der Waals surface area contributed by atoms with Gasteiger partial charge in [0.1, 0.15) is 0 Å². The smallest absolute Gasteiger partial charge is 0.0794 e. The summed E-state index contributed by atoms with van der Waals surface area (Å²) in [5, 5.41) is 5.40. The highest BCUT2D eigenvalue weighted by atomic mass is 32.1. The topological polar surface area (TPSA) is 50.9 Å². The third-order valence-electron chi connectivity index (χ3n) is 1.97. The first-order valence-corrected chi connectivity index (χ1v) is 5.60. The summed E-state index contributed by atoms with van der Waals surface area (Å²) in [7, 11) is 0. The number of nitrogens with two attached hydrogens (primary N) is 1. The summed E-state index contributed by atoms with van der Waals surface area (Å²) in [6, 6.07) is 0.287. The van der Waals surface area contributed by atoms with Crippen LogP contribution in [-0.4, -0.2) is 24.1 Å². The minimum atomic E-state index is 0.287. The molecule has 1 atom stereocenters. The Morgan fingerprint density at radius 1 is 1.69 bits per heavy atom. The SMILES string of the molecule is CCC(N)CNCCc1cscn1. The first-order valence-electron chi connectivity index (χ1n) is 4.66. The number of aromatic nitrogens is 1. The molecule has 0 aromatic carbocycles. The van der Waals surface area contributed by atoms with E-state index in [2.05, 4.69) is 22.6 Å². The summed E-state index contributed by atoms with van der Waals surface area (Å²) in [5.41, 5.74) is 8.79. The number of hydrogen-bond acceptors (Lipinski definition) is 4. The van der Waals surface area contributed by atoms with Crippen LogP contribution in [0.1, 0.15) is 19.0 Å². The van der Waals surface area contributed by atoms with Crippen molar-refractivity contribution in [3.05, 3.63) is 16.6 Å². The summed E-state index contributed by atoms with van der Waals surface area (Å²) in [5.74, 6) is 0. The van der Waals surface area contributed by atoms with Crippen LogP contribution in [0.15, 0.2) is 10.9 Å². The highest BCUT2D eigenvalue weighted by molar-refractivity contribution is 7.07. The van der Waals surface area contributed by atoms with Gasteiger partial charge in [-0.3, -0.25) is 0 Å². The molecule has 0 fully saturated rings. The fourth-order valence-electron chi connectivity index (χ4n) is 1.01. The zero-order valence-electron chi connectivity index (χ0n) is 7.99. The van der Waals surface area contributed by atoms with E-state index >= 15 is 0 Å². The van der Waals surface area contributed by atoms with Gasteiger partial charge in [-0.15, -0.1) is 11.3 Å². The van der Waals surface area contributed by atoms with Crippen molar-refractivity contribution in [2.75, 3.05) is 13.1 Å². The van der Waals surface area contributed by atoms with Crippen molar-refractivity contribution in [1.82, 2.24) is 10.3 Å². The second-order valence-corrected chi connectivity index (χ2v) is 3.82. The molecular weight excluding hydrogens is 182 g/mol. The van der Waals surface area contributed by atoms with Crippen LogP contribution in [0.3, 0.4) is 0 Å². The number of hydrogen-bond donors (Lipinski definition) is 2. The first-order chi connectivity index (χ1) is 6.33. The van der Waals surface area contributed by atoms with Gasteiger partial charge in [-0.25, -0.2) is 4.98 Å². The quantitative estimate of drug-likeness (QED) is 0.672. The molecular formula is C9H17N3S. The minimum absolute atomic E-state index is 0.287. The largest absolute Gasteiger partial charge is 0.327 e. The van der Waals surface area contributed by atoms with Gasteiger partial charge >= 0.3 is 0 Å². The average Bonchev–Trinajstić information content (AvgIpc) is 2.64. The molecule has 0 saturated carbocycles. The molecule has 3 N–H and O–H groups in total. The van der Waals surface area contributed by atoms with Crippen LogP contribution in [0, 0.1) is 0 Å². The molecule has 0 amide bonds. The molecule has 1 unspecified atom stereocenters. The van der Waals surface area contributed by atoms with Crippen molar-refractivity contribution >= 4 is 11.3 Å². The first kappa shape index (κ1) is 10.6. The number of rotatable bonds is 6. The van der Waals surface area contributed by atoms with E-state index in [-0.39, 0.29) is 6.04 Å². The summed E-state index contributed by atoms with van der Waals surface area (Å²) in [6.45, 7) is 3.98. The van der Waals surface area contributed by atoms with Crippen molar-refractivity contribution in [1.29, 1.82) is 0 Å². The van der Waals surface area contributed by atoms with Crippen molar-refractivity contribution < 1.29 is 0 Å². The molecule has 0 aliphatic rings. The van der Waals surface area contributed by atoms with Gasteiger partial charge in [-0.05, 0) is 6.42 Å². The molecule has 13 heavy (non-hydrogen) atoms. The average molecular weight is 199 g/mol. The monoisotopic (exact) mass is 199 g/mol. The third kappa shape index (κ3) is 4.36. The Bertz CT molecular complexity index is 211. The van der Waals surface area contributed by atoms with E-state index in [0.717, 1.165) is 25.9 Å². The van der Waals surface area contributed by atoms with Crippen LogP contribution in [0.2, 0.25) is 0 Å². The summed E-state index contributed by atoms with van der Waals surface area (Å²) in [6.07, 6.45) is 2.03. The standard InChI is InChI=1S/C9H17N3S/c1-2-8(10)5-11-4-3-9-6-13-7-12-9/h6-8,11H,2-5,10H2,1H3. The van der Waals surface area contributed by atoms with Crippen LogP contribution in [0.25, 0.3) is 0 Å². The second kappa shape index (κ2) is 6.07. The van der Waals surface area contributed by atoms with E-state index < -0.39 is 0 Å². The molecule has 0 saturated heterocycles. The fraction of sp³-hybridized carbons (Fsp3) is 0.667. The highest BCUT2D eigenvalue weighted by Crippen LogP contribution is 2.00. The normalized spacial score (nSPS) is 13.1. The summed E-state index contributed by atoms with van der Waals surface area (Å²) >= 11 is 1.64. The Labute approximate surface area is 83.4 Å². The van der Waals surface area contributed by atoms with Crippen molar-refractivity contribution in [2.45, 2.75) is 25.8 Å². The van der Waals surface area contributed by atoms with Crippen molar-refractivity contribution in [2.24, 2.45) is 5.73 Å². The maximum atomic E-state index is 5.76. The minimum Gasteiger partial charge on any atom is -0.327 e. The lowest BCUT2D eigenvalue weighted by atomic mass is 10.2. The molecule has 0 bridgehead atoms. The highest BCUT2D eigenvalue weighted by Gasteiger charge is 1.98. The molecule has 1 rings (SSSR count). The Hall–Kier alpha value is -0.450. The van der Waals surface area contributed by atoms with E-state index in [9.17, 15) is 0 Å². The lowest BCUT2D eigenvalue weighted by molar-refractivity contribution is 0.563. The predicted molar refractivity (Wildman–Crippen MR) is 57.0 cm³/mol. The van der Waals surface area contributed by atoms with Gasteiger partial charge in [-0.1, -0.05) is 6.92 Å². The Balaban J connectivity index is 2.02. The van der Waals surface area contributed by atoms with Gasteiger partial charge in [0.25, 0.3) is 0 Å².